The van der Waals surface area contributed by atoms with Gasteiger partial charge in [0.2, 0.25) is 5.82 Å². The summed E-state index contributed by atoms with van der Waals surface area (Å²) < 4.78 is 39.6. The van der Waals surface area contributed by atoms with Gasteiger partial charge in [-0.3, -0.25) is 14.8 Å². The lowest BCUT2D eigenvalue weighted by Gasteiger charge is -2.08. The molecule has 0 saturated heterocycles. The number of sulfonamides is 1. The van der Waals surface area contributed by atoms with Gasteiger partial charge in [0.05, 0.1) is 15.5 Å². The van der Waals surface area contributed by atoms with Crippen molar-refractivity contribution >= 4 is 33.0 Å². The second-order valence-corrected chi connectivity index (χ2v) is 6.11. The number of anilines is 1. The van der Waals surface area contributed by atoms with Crippen LogP contribution in [-0.4, -0.2) is 13.3 Å². The van der Waals surface area contributed by atoms with Crippen molar-refractivity contribution in [3.05, 3.63) is 63.4 Å². The van der Waals surface area contributed by atoms with Gasteiger partial charge in [-0.15, -0.1) is 0 Å². The number of nitro benzene ring substituents is 1. The van der Waals surface area contributed by atoms with Gasteiger partial charge in [0.1, 0.15) is 0 Å². The molecule has 0 atom stereocenters. The first-order valence-corrected chi connectivity index (χ1v) is 7.38. The molecule has 0 saturated carbocycles. The van der Waals surface area contributed by atoms with Gasteiger partial charge in [0.15, 0.2) is 0 Å². The summed E-state index contributed by atoms with van der Waals surface area (Å²) in [7, 11) is -4.08. The summed E-state index contributed by atoms with van der Waals surface area (Å²) in [5.41, 5.74) is -0.724. The minimum atomic E-state index is -4.08. The van der Waals surface area contributed by atoms with E-state index in [4.69, 9.17) is 11.6 Å². The van der Waals surface area contributed by atoms with Crippen LogP contribution in [0.15, 0.2) is 47.4 Å². The average Bonchev–Trinajstić information content (AvgIpc) is 2.38. The molecule has 2 aromatic carbocycles. The van der Waals surface area contributed by atoms with E-state index in [1.54, 1.807) is 6.07 Å². The summed E-state index contributed by atoms with van der Waals surface area (Å²) in [4.78, 5) is 9.22. The monoisotopic (exact) mass is 330 g/mol. The molecular weight excluding hydrogens is 323 g/mol. The first kappa shape index (κ1) is 15.2. The summed E-state index contributed by atoms with van der Waals surface area (Å²) >= 11 is 5.73. The summed E-state index contributed by atoms with van der Waals surface area (Å²) in [6.45, 7) is 0. The van der Waals surface area contributed by atoms with Gasteiger partial charge in [-0.1, -0.05) is 17.7 Å². The van der Waals surface area contributed by atoms with Gasteiger partial charge in [-0.25, -0.2) is 8.42 Å². The van der Waals surface area contributed by atoms with E-state index in [9.17, 15) is 22.9 Å². The molecule has 0 heterocycles. The SMILES string of the molecule is O=[N+]([O-])c1cc(S(=O)(=O)Nc2cccc(Cl)c2)ccc1F. The maximum atomic E-state index is 13.2. The van der Waals surface area contributed by atoms with E-state index in [1.807, 2.05) is 0 Å². The van der Waals surface area contributed by atoms with E-state index < -0.39 is 31.3 Å². The van der Waals surface area contributed by atoms with Gasteiger partial charge >= 0.3 is 5.69 Å². The lowest BCUT2D eigenvalue weighted by molar-refractivity contribution is -0.387. The molecule has 0 fully saturated rings. The lowest BCUT2D eigenvalue weighted by atomic mass is 10.3. The van der Waals surface area contributed by atoms with Crippen molar-refractivity contribution in [1.29, 1.82) is 0 Å². The number of hydrogen-bond donors (Lipinski definition) is 1. The molecule has 0 amide bonds. The Hall–Kier alpha value is -2.19. The van der Waals surface area contributed by atoms with Crippen molar-refractivity contribution in [1.82, 2.24) is 0 Å². The van der Waals surface area contributed by atoms with Crippen molar-refractivity contribution in [2.24, 2.45) is 0 Å². The Morgan fingerprint density at radius 1 is 1.19 bits per heavy atom. The Labute approximate surface area is 124 Å². The minimum absolute atomic E-state index is 0.189. The summed E-state index contributed by atoms with van der Waals surface area (Å²) in [6, 6.07) is 8.25. The molecule has 1 N–H and O–H groups in total. The maximum Gasteiger partial charge on any atom is 0.306 e. The van der Waals surface area contributed by atoms with Crippen LogP contribution in [0.1, 0.15) is 0 Å². The first-order valence-electron chi connectivity index (χ1n) is 5.52. The second-order valence-electron chi connectivity index (χ2n) is 3.99. The quantitative estimate of drug-likeness (QED) is 0.688. The predicted octanol–water partition coefficient (Wildman–Crippen LogP) is 3.19. The number of nitrogens with one attached hydrogen (secondary N) is 1. The molecule has 6 nitrogen and oxygen atoms in total. The summed E-state index contributed by atoms with van der Waals surface area (Å²) in [5.74, 6) is -1.11. The van der Waals surface area contributed by atoms with Gasteiger partial charge < -0.3 is 0 Å². The lowest BCUT2D eigenvalue weighted by Crippen LogP contribution is -2.13. The zero-order chi connectivity index (χ0) is 15.6. The van der Waals surface area contributed by atoms with Crippen LogP contribution in [0.2, 0.25) is 5.02 Å². The molecule has 0 aliphatic heterocycles. The van der Waals surface area contributed by atoms with E-state index in [1.165, 1.54) is 18.2 Å². The molecule has 2 aromatic rings. The van der Waals surface area contributed by atoms with Crippen LogP contribution in [0.3, 0.4) is 0 Å². The number of nitrogens with zero attached hydrogens (tertiary/aromatic N) is 1. The molecular formula is C12H8ClFN2O4S. The highest BCUT2D eigenvalue weighted by molar-refractivity contribution is 7.92. The molecule has 0 spiro atoms. The van der Waals surface area contributed by atoms with E-state index in [-0.39, 0.29) is 5.69 Å². The Balaban J connectivity index is 2.40. The molecule has 0 bridgehead atoms. The van der Waals surface area contributed by atoms with Crippen molar-refractivity contribution < 1.29 is 17.7 Å². The first-order chi connectivity index (χ1) is 9.79. The van der Waals surface area contributed by atoms with Gasteiger partial charge in [0.25, 0.3) is 10.0 Å². The molecule has 0 radical (unpaired) electrons. The number of halogens is 2. The molecule has 21 heavy (non-hydrogen) atoms. The molecule has 110 valence electrons. The Kier molecular flexibility index (Phi) is 4.10. The highest BCUT2D eigenvalue weighted by Gasteiger charge is 2.21. The molecule has 0 aliphatic rings. The van der Waals surface area contributed by atoms with Crippen LogP contribution in [0, 0.1) is 15.9 Å². The number of rotatable bonds is 4. The smallest absolute Gasteiger partial charge is 0.280 e. The highest BCUT2D eigenvalue weighted by atomic mass is 35.5. The fourth-order valence-electron chi connectivity index (χ4n) is 1.57. The third-order valence-electron chi connectivity index (χ3n) is 2.50. The minimum Gasteiger partial charge on any atom is -0.280 e. The van der Waals surface area contributed by atoms with Gasteiger partial charge in [-0.2, -0.15) is 4.39 Å². The zero-order valence-electron chi connectivity index (χ0n) is 10.3. The topological polar surface area (TPSA) is 89.3 Å². The van der Waals surface area contributed by atoms with Crippen molar-refractivity contribution in [2.75, 3.05) is 4.72 Å². The fourth-order valence-corrected chi connectivity index (χ4v) is 2.82. The zero-order valence-corrected chi connectivity index (χ0v) is 11.9. The maximum absolute atomic E-state index is 13.2. The van der Waals surface area contributed by atoms with E-state index >= 15 is 0 Å². The van der Waals surface area contributed by atoms with Crippen LogP contribution < -0.4 is 4.72 Å². The van der Waals surface area contributed by atoms with Crippen LogP contribution >= 0.6 is 11.6 Å². The Morgan fingerprint density at radius 2 is 1.90 bits per heavy atom. The van der Waals surface area contributed by atoms with E-state index in [0.717, 1.165) is 12.1 Å². The van der Waals surface area contributed by atoms with Crippen molar-refractivity contribution in [2.45, 2.75) is 4.90 Å². The second kappa shape index (κ2) is 5.66. The fraction of sp³-hybridized carbons (Fsp3) is 0. The highest BCUT2D eigenvalue weighted by Crippen LogP contribution is 2.24. The number of hydrogen-bond acceptors (Lipinski definition) is 4. The molecule has 2 rings (SSSR count). The predicted molar refractivity (Wildman–Crippen MR) is 75.3 cm³/mol. The Bertz CT molecular complexity index is 811. The van der Waals surface area contributed by atoms with Crippen molar-refractivity contribution in [3.8, 4) is 0 Å². The average molecular weight is 331 g/mol. The molecule has 0 aromatic heterocycles. The largest absolute Gasteiger partial charge is 0.306 e. The molecule has 9 heteroatoms. The van der Waals surface area contributed by atoms with Crippen molar-refractivity contribution in [3.63, 3.8) is 0 Å². The Morgan fingerprint density at radius 3 is 2.52 bits per heavy atom. The third-order valence-corrected chi connectivity index (χ3v) is 4.12. The van der Waals surface area contributed by atoms with E-state index in [2.05, 4.69) is 4.72 Å². The van der Waals surface area contributed by atoms with Gasteiger partial charge in [-0.05, 0) is 30.3 Å². The standard InChI is InChI=1S/C12H8ClFN2O4S/c13-8-2-1-3-9(6-8)15-21(19,20)10-4-5-11(14)12(7-10)16(17)18/h1-7,15H. The number of benzene rings is 2. The summed E-state index contributed by atoms with van der Waals surface area (Å²) in [5, 5.41) is 11.0. The number of nitro groups is 1. The summed E-state index contributed by atoms with van der Waals surface area (Å²) in [6.07, 6.45) is 0. The van der Waals surface area contributed by atoms with Crippen LogP contribution in [0.4, 0.5) is 15.8 Å². The third kappa shape index (κ3) is 3.47. The van der Waals surface area contributed by atoms with Gasteiger partial charge in [0, 0.05) is 11.1 Å². The van der Waals surface area contributed by atoms with Crippen LogP contribution in [0.25, 0.3) is 0 Å². The van der Waals surface area contributed by atoms with E-state index in [0.29, 0.717) is 11.1 Å². The molecule has 0 aliphatic carbocycles. The normalized spacial score (nSPS) is 11.1. The van der Waals surface area contributed by atoms with Crippen LogP contribution in [0.5, 0.6) is 0 Å². The van der Waals surface area contributed by atoms with Crippen LogP contribution in [-0.2, 0) is 10.0 Å². The molecule has 0 unspecified atom stereocenters.